The van der Waals surface area contributed by atoms with Crippen molar-refractivity contribution >= 4 is 0 Å². The van der Waals surface area contributed by atoms with Crippen molar-refractivity contribution in [3.05, 3.63) is 35.4 Å². The second kappa shape index (κ2) is 6.28. The number of aliphatic hydroxyl groups is 1. The fourth-order valence-electron chi connectivity index (χ4n) is 3.66. The standard InChI is InChI=1S/C18H29NO/c1-15-8-10-16(11-9-15)17(2,20)18(14-19)12-6-4-3-5-7-13-18/h8-11,20H,3-7,12-14,19H2,1-2H3. The zero-order valence-electron chi connectivity index (χ0n) is 13.0. The van der Waals surface area contributed by atoms with E-state index >= 15 is 0 Å². The molecule has 0 aromatic heterocycles. The summed E-state index contributed by atoms with van der Waals surface area (Å²) in [6.45, 7) is 4.60. The van der Waals surface area contributed by atoms with Crippen LogP contribution in [-0.2, 0) is 5.60 Å². The molecule has 1 aromatic carbocycles. The predicted octanol–water partition coefficient (Wildman–Crippen LogP) is 3.89. The van der Waals surface area contributed by atoms with Crippen LogP contribution in [0.3, 0.4) is 0 Å². The van der Waals surface area contributed by atoms with Crippen LogP contribution in [-0.4, -0.2) is 11.7 Å². The summed E-state index contributed by atoms with van der Waals surface area (Å²) in [5.74, 6) is 0. The van der Waals surface area contributed by atoms with Gasteiger partial charge in [0.15, 0.2) is 0 Å². The summed E-state index contributed by atoms with van der Waals surface area (Å²) in [6.07, 6.45) is 8.29. The SMILES string of the molecule is Cc1ccc(C(C)(O)C2(CN)CCCCCCC2)cc1. The maximum Gasteiger partial charge on any atom is 0.0936 e. The summed E-state index contributed by atoms with van der Waals surface area (Å²) in [6, 6.07) is 8.28. The first-order valence-electron chi connectivity index (χ1n) is 8.01. The Labute approximate surface area is 123 Å². The third-order valence-electron chi connectivity index (χ3n) is 5.35. The monoisotopic (exact) mass is 275 g/mol. The lowest BCUT2D eigenvalue weighted by Crippen LogP contribution is -2.49. The Morgan fingerprint density at radius 3 is 2.05 bits per heavy atom. The summed E-state index contributed by atoms with van der Waals surface area (Å²) in [5, 5.41) is 11.3. The van der Waals surface area contributed by atoms with Crippen LogP contribution < -0.4 is 5.73 Å². The molecule has 0 bridgehead atoms. The van der Waals surface area contributed by atoms with Gasteiger partial charge in [-0.05, 0) is 32.3 Å². The van der Waals surface area contributed by atoms with Gasteiger partial charge in [0.2, 0.25) is 0 Å². The van der Waals surface area contributed by atoms with E-state index in [1.165, 1.54) is 37.7 Å². The van der Waals surface area contributed by atoms with Crippen LogP contribution in [0.1, 0.15) is 63.0 Å². The highest BCUT2D eigenvalue weighted by Gasteiger charge is 2.46. The molecular formula is C18H29NO. The molecular weight excluding hydrogens is 246 g/mol. The van der Waals surface area contributed by atoms with E-state index in [-0.39, 0.29) is 5.41 Å². The Kier molecular flexibility index (Phi) is 4.87. The van der Waals surface area contributed by atoms with Gasteiger partial charge >= 0.3 is 0 Å². The van der Waals surface area contributed by atoms with E-state index in [4.69, 9.17) is 5.73 Å². The van der Waals surface area contributed by atoms with Crippen LogP contribution in [0.5, 0.6) is 0 Å². The summed E-state index contributed by atoms with van der Waals surface area (Å²) < 4.78 is 0. The third kappa shape index (κ3) is 2.91. The second-order valence-corrected chi connectivity index (χ2v) is 6.69. The minimum atomic E-state index is -0.840. The van der Waals surface area contributed by atoms with Gasteiger partial charge in [-0.15, -0.1) is 0 Å². The minimum Gasteiger partial charge on any atom is -0.385 e. The van der Waals surface area contributed by atoms with Gasteiger partial charge in [-0.1, -0.05) is 61.9 Å². The van der Waals surface area contributed by atoms with E-state index in [1.54, 1.807) is 0 Å². The fraction of sp³-hybridized carbons (Fsp3) is 0.667. The van der Waals surface area contributed by atoms with Crippen molar-refractivity contribution in [1.82, 2.24) is 0 Å². The highest BCUT2D eigenvalue weighted by molar-refractivity contribution is 5.28. The molecule has 0 heterocycles. The highest BCUT2D eigenvalue weighted by atomic mass is 16.3. The molecule has 1 saturated carbocycles. The van der Waals surface area contributed by atoms with Gasteiger partial charge in [-0.3, -0.25) is 0 Å². The Bertz CT molecular complexity index is 414. The Hall–Kier alpha value is -0.860. The maximum absolute atomic E-state index is 11.3. The van der Waals surface area contributed by atoms with Crippen LogP contribution in [0, 0.1) is 12.3 Å². The van der Waals surface area contributed by atoms with Gasteiger partial charge in [-0.25, -0.2) is 0 Å². The van der Waals surface area contributed by atoms with Crippen molar-refractivity contribution in [3.8, 4) is 0 Å². The van der Waals surface area contributed by atoms with Gasteiger partial charge in [0, 0.05) is 12.0 Å². The summed E-state index contributed by atoms with van der Waals surface area (Å²) >= 11 is 0. The third-order valence-corrected chi connectivity index (χ3v) is 5.35. The lowest BCUT2D eigenvalue weighted by atomic mass is 9.63. The first kappa shape index (κ1) is 15.5. The van der Waals surface area contributed by atoms with Gasteiger partial charge in [0.1, 0.15) is 0 Å². The lowest BCUT2D eigenvalue weighted by molar-refractivity contribution is -0.0864. The van der Waals surface area contributed by atoms with E-state index in [0.29, 0.717) is 6.54 Å². The highest BCUT2D eigenvalue weighted by Crippen LogP contribution is 2.47. The molecule has 1 aliphatic carbocycles. The Morgan fingerprint density at radius 1 is 1.05 bits per heavy atom. The smallest absolute Gasteiger partial charge is 0.0936 e. The average molecular weight is 275 g/mol. The number of nitrogens with two attached hydrogens (primary N) is 1. The first-order chi connectivity index (χ1) is 9.52. The first-order valence-corrected chi connectivity index (χ1v) is 8.01. The van der Waals surface area contributed by atoms with Crippen molar-refractivity contribution in [3.63, 3.8) is 0 Å². The molecule has 1 aliphatic rings. The van der Waals surface area contributed by atoms with Crippen molar-refractivity contribution in [2.75, 3.05) is 6.54 Å². The largest absolute Gasteiger partial charge is 0.385 e. The zero-order valence-corrected chi connectivity index (χ0v) is 13.0. The number of aryl methyl sites for hydroxylation is 1. The second-order valence-electron chi connectivity index (χ2n) is 6.69. The predicted molar refractivity (Wildman–Crippen MR) is 84.6 cm³/mol. The van der Waals surface area contributed by atoms with Crippen LogP contribution in [0.2, 0.25) is 0 Å². The molecule has 1 aromatic rings. The van der Waals surface area contributed by atoms with Crippen LogP contribution >= 0.6 is 0 Å². The molecule has 2 rings (SSSR count). The van der Waals surface area contributed by atoms with E-state index in [0.717, 1.165) is 18.4 Å². The zero-order chi connectivity index (χ0) is 14.6. The van der Waals surface area contributed by atoms with E-state index in [2.05, 4.69) is 31.2 Å². The average Bonchev–Trinajstić information content (AvgIpc) is 2.39. The minimum absolute atomic E-state index is 0.178. The molecule has 112 valence electrons. The maximum atomic E-state index is 11.3. The number of hydrogen-bond acceptors (Lipinski definition) is 2. The molecule has 2 heteroatoms. The van der Waals surface area contributed by atoms with Crippen molar-refractivity contribution in [2.24, 2.45) is 11.1 Å². The van der Waals surface area contributed by atoms with Gasteiger partial charge < -0.3 is 10.8 Å². The number of benzene rings is 1. The summed E-state index contributed by atoms with van der Waals surface area (Å²) in [5.41, 5.74) is 7.37. The van der Waals surface area contributed by atoms with Crippen LogP contribution in [0.15, 0.2) is 24.3 Å². The topological polar surface area (TPSA) is 46.2 Å². The molecule has 1 atom stereocenters. The Balaban J connectivity index is 2.33. The number of rotatable bonds is 3. The molecule has 1 fully saturated rings. The molecule has 0 amide bonds. The van der Waals surface area contributed by atoms with Gasteiger partial charge in [0.05, 0.1) is 5.60 Å². The lowest BCUT2D eigenvalue weighted by Gasteiger charge is -2.46. The molecule has 0 saturated heterocycles. The van der Waals surface area contributed by atoms with E-state index < -0.39 is 5.60 Å². The molecule has 1 unspecified atom stereocenters. The summed E-state index contributed by atoms with van der Waals surface area (Å²) in [4.78, 5) is 0. The normalized spacial score (nSPS) is 22.6. The fourth-order valence-corrected chi connectivity index (χ4v) is 3.66. The molecule has 0 aliphatic heterocycles. The molecule has 3 N–H and O–H groups in total. The van der Waals surface area contributed by atoms with Crippen molar-refractivity contribution < 1.29 is 5.11 Å². The van der Waals surface area contributed by atoms with E-state index in [9.17, 15) is 5.11 Å². The van der Waals surface area contributed by atoms with Gasteiger partial charge in [0.25, 0.3) is 0 Å². The summed E-state index contributed by atoms with van der Waals surface area (Å²) in [7, 11) is 0. The van der Waals surface area contributed by atoms with Gasteiger partial charge in [-0.2, -0.15) is 0 Å². The quantitative estimate of drug-likeness (QED) is 0.879. The Morgan fingerprint density at radius 2 is 1.55 bits per heavy atom. The van der Waals surface area contributed by atoms with E-state index in [1.807, 2.05) is 6.92 Å². The van der Waals surface area contributed by atoms with Crippen molar-refractivity contribution in [1.29, 1.82) is 0 Å². The molecule has 0 spiro atoms. The molecule has 0 radical (unpaired) electrons. The number of hydrogen-bond donors (Lipinski definition) is 2. The van der Waals surface area contributed by atoms with Crippen LogP contribution in [0.25, 0.3) is 0 Å². The van der Waals surface area contributed by atoms with Crippen molar-refractivity contribution in [2.45, 2.75) is 64.4 Å². The molecule has 20 heavy (non-hydrogen) atoms. The molecule has 2 nitrogen and oxygen atoms in total. The van der Waals surface area contributed by atoms with Crippen LogP contribution in [0.4, 0.5) is 0 Å².